The average molecular weight is 175 g/mol. The molecule has 2 aromatic heterocycles. The lowest BCUT2D eigenvalue weighted by Crippen LogP contribution is -2.03. The number of aryl methyl sites for hydroxylation is 1. The summed E-state index contributed by atoms with van der Waals surface area (Å²) in [7, 11) is 0. The fourth-order valence-corrected chi connectivity index (χ4v) is 1.50. The van der Waals surface area contributed by atoms with E-state index in [-0.39, 0.29) is 0 Å². The van der Waals surface area contributed by atoms with Crippen LogP contribution in [-0.4, -0.2) is 14.6 Å². The van der Waals surface area contributed by atoms with Crippen LogP contribution in [0.3, 0.4) is 0 Å². The van der Waals surface area contributed by atoms with Crippen LogP contribution < -0.4 is 0 Å². The second kappa shape index (κ2) is 2.83. The first-order valence-electron chi connectivity index (χ1n) is 4.50. The monoisotopic (exact) mass is 175 g/mol. The van der Waals surface area contributed by atoms with Crippen LogP contribution in [0.2, 0.25) is 0 Å². The van der Waals surface area contributed by atoms with E-state index in [2.05, 4.69) is 30.0 Å². The second-order valence-electron chi connectivity index (χ2n) is 3.54. The Balaban J connectivity index is 2.77. The fraction of sp³-hybridized carbons (Fsp3) is 0.400. The van der Waals surface area contributed by atoms with Gasteiger partial charge in [0.05, 0.1) is 11.2 Å². The van der Waals surface area contributed by atoms with E-state index in [1.807, 2.05) is 23.7 Å². The fourth-order valence-electron chi connectivity index (χ4n) is 1.50. The van der Waals surface area contributed by atoms with Gasteiger partial charge < -0.3 is 0 Å². The first kappa shape index (κ1) is 8.23. The summed E-state index contributed by atoms with van der Waals surface area (Å²) in [5, 5.41) is 4.28. The van der Waals surface area contributed by atoms with Gasteiger partial charge in [0.2, 0.25) is 0 Å². The minimum absolute atomic E-state index is 0.444. The van der Waals surface area contributed by atoms with Crippen molar-refractivity contribution in [1.82, 2.24) is 14.6 Å². The van der Waals surface area contributed by atoms with Crippen LogP contribution in [0.25, 0.3) is 5.52 Å². The molecule has 0 unspecified atom stereocenters. The standard InChI is InChI=1S/C10H13N3/c1-7(2)10-9-5-4-6-13(9)12-8(3)11-10/h4-7H,1-3H3. The van der Waals surface area contributed by atoms with Crippen molar-refractivity contribution in [2.45, 2.75) is 26.7 Å². The van der Waals surface area contributed by atoms with Crippen molar-refractivity contribution in [3.63, 3.8) is 0 Å². The van der Waals surface area contributed by atoms with Gasteiger partial charge in [0.1, 0.15) is 5.82 Å². The Bertz CT molecular complexity index is 429. The second-order valence-corrected chi connectivity index (χ2v) is 3.54. The molecular formula is C10H13N3. The van der Waals surface area contributed by atoms with Crippen molar-refractivity contribution >= 4 is 5.52 Å². The smallest absolute Gasteiger partial charge is 0.146 e. The summed E-state index contributed by atoms with van der Waals surface area (Å²) in [6.45, 7) is 6.22. The van der Waals surface area contributed by atoms with E-state index >= 15 is 0 Å². The molecule has 68 valence electrons. The summed E-state index contributed by atoms with van der Waals surface area (Å²) in [5.74, 6) is 1.27. The average Bonchev–Trinajstić information content (AvgIpc) is 2.49. The van der Waals surface area contributed by atoms with Crippen LogP contribution >= 0.6 is 0 Å². The van der Waals surface area contributed by atoms with Gasteiger partial charge in [-0.2, -0.15) is 5.10 Å². The molecule has 0 aliphatic heterocycles. The molecule has 3 nitrogen and oxygen atoms in total. The van der Waals surface area contributed by atoms with Gasteiger partial charge >= 0.3 is 0 Å². The lowest BCUT2D eigenvalue weighted by molar-refractivity contribution is 0.763. The van der Waals surface area contributed by atoms with E-state index in [0.717, 1.165) is 17.0 Å². The topological polar surface area (TPSA) is 30.2 Å². The first-order valence-corrected chi connectivity index (χ1v) is 4.50. The Kier molecular flexibility index (Phi) is 1.79. The number of hydrogen-bond donors (Lipinski definition) is 0. The summed E-state index contributed by atoms with van der Waals surface area (Å²) in [6, 6.07) is 4.05. The molecule has 0 amide bonds. The molecule has 0 N–H and O–H groups in total. The molecule has 2 aromatic rings. The number of nitrogens with zero attached hydrogens (tertiary/aromatic N) is 3. The van der Waals surface area contributed by atoms with Gasteiger partial charge in [-0.25, -0.2) is 9.50 Å². The predicted molar refractivity (Wildman–Crippen MR) is 51.8 cm³/mol. The predicted octanol–water partition coefficient (Wildman–Crippen LogP) is 2.16. The van der Waals surface area contributed by atoms with Crippen LogP contribution in [0.1, 0.15) is 31.3 Å². The van der Waals surface area contributed by atoms with Gasteiger partial charge in [0.15, 0.2) is 0 Å². The van der Waals surface area contributed by atoms with Gasteiger partial charge in [-0.15, -0.1) is 0 Å². The number of hydrogen-bond acceptors (Lipinski definition) is 2. The number of aromatic nitrogens is 3. The van der Waals surface area contributed by atoms with Crippen LogP contribution in [-0.2, 0) is 0 Å². The van der Waals surface area contributed by atoms with Crippen molar-refractivity contribution in [3.8, 4) is 0 Å². The van der Waals surface area contributed by atoms with Crippen LogP contribution in [0, 0.1) is 6.92 Å². The van der Waals surface area contributed by atoms with E-state index < -0.39 is 0 Å². The summed E-state index contributed by atoms with van der Waals surface area (Å²) < 4.78 is 1.89. The number of rotatable bonds is 1. The number of fused-ring (bicyclic) bond motifs is 1. The molecule has 0 fully saturated rings. The molecule has 0 saturated heterocycles. The molecule has 2 heterocycles. The van der Waals surface area contributed by atoms with Crippen LogP contribution in [0.5, 0.6) is 0 Å². The molecule has 0 spiro atoms. The van der Waals surface area contributed by atoms with E-state index in [1.54, 1.807) is 0 Å². The maximum absolute atomic E-state index is 4.44. The molecule has 0 aromatic carbocycles. The molecule has 0 saturated carbocycles. The SMILES string of the molecule is Cc1nc(C(C)C)c2cccn2n1. The lowest BCUT2D eigenvalue weighted by Gasteiger charge is -2.07. The zero-order chi connectivity index (χ0) is 9.42. The van der Waals surface area contributed by atoms with Crippen molar-refractivity contribution in [1.29, 1.82) is 0 Å². The van der Waals surface area contributed by atoms with Gasteiger partial charge in [-0.1, -0.05) is 13.8 Å². The van der Waals surface area contributed by atoms with Crippen molar-refractivity contribution in [2.24, 2.45) is 0 Å². The van der Waals surface area contributed by atoms with E-state index in [1.165, 1.54) is 0 Å². The highest BCUT2D eigenvalue weighted by atomic mass is 15.2. The van der Waals surface area contributed by atoms with Crippen molar-refractivity contribution in [3.05, 3.63) is 29.8 Å². The van der Waals surface area contributed by atoms with Crippen molar-refractivity contribution < 1.29 is 0 Å². The highest BCUT2D eigenvalue weighted by Gasteiger charge is 2.08. The van der Waals surface area contributed by atoms with Gasteiger partial charge in [0.25, 0.3) is 0 Å². The molecule has 0 atom stereocenters. The Morgan fingerprint density at radius 2 is 2.15 bits per heavy atom. The maximum Gasteiger partial charge on any atom is 0.146 e. The highest BCUT2D eigenvalue weighted by Crippen LogP contribution is 2.17. The quantitative estimate of drug-likeness (QED) is 0.664. The summed E-state index contributed by atoms with van der Waals surface area (Å²) in [5.41, 5.74) is 2.23. The van der Waals surface area contributed by atoms with E-state index in [9.17, 15) is 0 Å². The highest BCUT2D eigenvalue weighted by molar-refractivity contribution is 5.52. The van der Waals surface area contributed by atoms with Gasteiger partial charge in [-0.3, -0.25) is 0 Å². The molecule has 13 heavy (non-hydrogen) atoms. The summed E-state index contributed by atoms with van der Waals surface area (Å²) >= 11 is 0. The Morgan fingerprint density at radius 1 is 1.38 bits per heavy atom. The molecule has 0 aliphatic carbocycles. The normalized spacial score (nSPS) is 11.4. The molecule has 3 heteroatoms. The van der Waals surface area contributed by atoms with E-state index in [4.69, 9.17) is 0 Å². The summed E-state index contributed by atoms with van der Waals surface area (Å²) in [6.07, 6.45) is 1.95. The van der Waals surface area contributed by atoms with Crippen LogP contribution in [0.15, 0.2) is 18.3 Å². The third-order valence-corrected chi connectivity index (χ3v) is 2.07. The molecule has 0 aliphatic rings. The molecular weight excluding hydrogens is 162 g/mol. The third-order valence-electron chi connectivity index (χ3n) is 2.07. The van der Waals surface area contributed by atoms with Crippen molar-refractivity contribution in [2.75, 3.05) is 0 Å². The van der Waals surface area contributed by atoms with Gasteiger partial charge in [-0.05, 0) is 25.0 Å². The molecule has 2 rings (SSSR count). The van der Waals surface area contributed by atoms with Gasteiger partial charge in [0, 0.05) is 6.20 Å². The zero-order valence-corrected chi connectivity index (χ0v) is 8.15. The Labute approximate surface area is 77.4 Å². The maximum atomic E-state index is 4.44. The lowest BCUT2D eigenvalue weighted by atomic mass is 10.1. The first-order chi connectivity index (χ1) is 6.18. The Morgan fingerprint density at radius 3 is 2.85 bits per heavy atom. The molecule has 0 radical (unpaired) electrons. The molecule has 0 bridgehead atoms. The minimum atomic E-state index is 0.444. The third kappa shape index (κ3) is 1.30. The minimum Gasteiger partial charge on any atom is -0.237 e. The largest absolute Gasteiger partial charge is 0.237 e. The van der Waals surface area contributed by atoms with Crippen LogP contribution in [0.4, 0.5) is 0 Å². The van der Waals surface area contributed by atoms with E-state index in [0.29, 0.717) is 5.92 Å². The zero-order valence-electron chi connectivity index (χ0n) is 8.15. The Hall–Kier alpha value is -1.38. The summed E-state index contributed by atoms with van der Waals surface area (Å²) in [4.78, 5) is 4.44.